The lowest BCUT2D eigenvalue weighted by atomic mass is 9.96. The summed E-state index contributed by atoms with van der Waals surface area (Å²) in [5.74, 6) is -0.377. The van der Waals surface area contributed by atoms with Gasteiger partial charge in [-0.05, 0) is 59.0 Å². The van der Waals surface area contributed by atoms with Gasteiger partial charge in [0, 0.05) is 51.3 Å². The van der Waals surface area contributed by atoms with Crippen molar-refractivity contribution in [1.29, 1.82) is 0 Å². The Morgan fingerprint density at radius 1 is 0.825 bits per heavy atom. The molecule has 6 rings (SSSR count). The van der Waals surface area contributed by atoms with Gasteiger partial charge in [0.2, 0.25) is 11.8 Å². The van der Waals surface area contributed by atoms with Crippen LogP contribution >= 0.6 is 0 Å². The number of benzene rings is 3. The van der Waals surface area contributed by atoms with Crippen molar-refractivity contribution < 1.29 is 24.6 Å². The molecule has 3 aliphatic heterocycles. The van der Waals surface area contributed by atoms with E-state index in [-0.39, 0.29) is 35.8 Å². The van der Waals surface area contributed by atoms with Crippen LogP contribution in [0.15, 0.2) is 66.7 Å². The van der Waals surface area contributed by atoms with Gasteiger partial charge in [-0.15, -0.1) is 0 Å². The van der Waals surface area contributed by atoms with Gasteiger partial charge >= 0.3 is 0 Å². The number of amides is 3. The van der Waals surface area contributed by atoms with Gasteiger partial charge < -0.3 is 15.1 Å². The number of hydrogen-bond acceptors (Lipinski definition) is 7. The minimum Gasteiger partial charge on any atom is -0.508 e. The lowest BCUT2D eigenvalue weighted by molar-refractivity contribution is -0.136. The highest BCUT2D eigenvalue weighted by atomic mass is 16.3. The highest BCUT2D eigenvalue weighted by molar-refractivity contribution is 6.05. The third kappa shape index (κ3) is 5.17. The SMILES string of the molecule is O=C1CCC(N2Cc3ccc(CN4CCN(C(c5ccc(O)cc5)c5ccc(O)cc5)CC4)cc3C2=O)C(=O)N1. The Morgan fingerprint density at radius 2 is 1.45 bits per heavy atom. The molecule has 3 N–H and O–H groups in total. The topological polar surface area (TPSA) is 113 Å². The first kappa shape index (κ1) is 26.0. The van der Waals surface area contributed by atoms with E-state index in [2.05, 4.69) is 21.2 Å². The highest BCUT2D eigenvalue weighted by Gasteiger charge is 2.39. The van der Waals surface area contributed by atoms with Gasteiger partial charge in [-0.1, -0.05) is 36.4 Å². The van der Waals surface area contributed by atoms with E-state index in [1.807, 2.05) is 36.4 Å². The van der Waals surface area contributed by atoms with Crippen molar-refractivity contribution in [2.75, 3.05) is 26.2 Å². The lowest BCUT2D eigenvalue weighted by Gasteiger charge is -2.40. The van der Waals surface area contributed by atoms with Crippen LogP contribution in [0.3, 0.4) is 0 Å². The Bertz CT molecular complexity index is 1390. The van der Waals surface area contributed by atoms with E-state index < -0.39 is 11.9 Å². The summed E-state index contributed by atoms with van der Waals surface area (Å²) in [5, 5.41) is 22.0. The van der Waals surface area contributed by atoms with Crippen LogP contribution in [0.1, 0.15) is 51.5 Å². The maximum atomic E-state index is 13.2. The summed E-state index contributed by atoms with van der Waals surface area (Å²) in [6.45, 7) is 4.46. The van der Waals surface area contributed by atoms with Crippen LogP contribution in [-0.4, -0.2) is 74.9 Å². The lowest BCUT2D eigenvalue weighted by Crippen LogP contribution is -2.52. The number of piperazine rings is 1. The molecule has 3 amide bonds. The molecule has 206 valence electrons. The van der Waals surface area contributed by atoms with Crippen LogP contribution < -0.4 is 5.32 Å². The number of fused-ring (bicyclic) bond motifs is 1. The number of carbonyl (C=O) groups is 3. The van der Waals surface area contributed by atoms with Crippen molar-refractivity contribution in [2.45, 2.75) is 38.0 Å². The zero-order chi connectivity index (χ0) is 27.8. The van der Waals surface area contributed by atoms with Gasteiger partial charge in [0.25, 0.3) is 5.91 Å². The number of phenols is 2. The van der Waals surface area contributed by atoms with Crippen molar-refractivity contribution >= 4 is 17.7 Å². The van der Waals surface area contributed by atoms with Crippen molar-refractivity contribution in [2.24, 2.45) is 0 Å². The Labute approximate surface area is 232 Å². The van der Waals surface area contributed by atoms with Crippen LogP contribution in [0.4, 0.5) is 0 Å². The molecule has 1 unspecified atom stereocenters. The van der Waals surface area contributed by atoms with Crippen molar-refractivity contribution in [3.05, 3.63) is 94.5 Å². The van der Waals surface area contributed by atoms with E-state index >= 15 is 0 Å². The molecule has 1 atom stereocenters. The summed E-state index contributed by atoms with van der Waals surface area (Å²) in [5.41, 5.74) is 4.76. The Balaban J connectivity index is 1.12. The first-order chi connectivity index (χ1) is 19.4. The second kappa shape index (κ2) is 10.7. The van der Waals surface area contributed by atoms with E-state index in [9.17, 15) is 24.6 Å². The van der Waals surface area contributed by atoms with Crippen molar-refractivity contribution in [1.82, 2.24) is 20.0 Å². The average molecular weight is 541 g/mol. The molecule has 3 aromatic rings. The fourth-order valence-corrected chi connectivity index (χ4v) is 6.07. The van der Waals surface area contributed by atoms with Gasteiger partial charge in [-0.25, -0.2) is 0 Å². The Morgan fingerprint density at radius 3 is 2.05 bits per heavy atom. The summed E-state index contributed by atoms with van der Waals surface area (Å²) in [6.07, 6.45) is 0.602. The fraction of sp³-hybridized carbons (Fsp3) is 0.323. The molecule has 3 aromatic carbocycles. The molecule has 2 fully saturated rings. The third-order valence-corrected chi connectivity index (χ3v) is 8.19. The van der Waals surface area contributed by atoms with Gasteiger partial charge in [0.05, 0.1) is 6.04 Å². The largest absolute Gasteiger partial charge is 0.508 e. The predicted molar refractivity (Wildman–Crippen MR) is 147 cm³/mol. The minimum absolute atomic E-state index is 0.000713. The number of rotatable bonds is 6. The van der Waals surface area contributed by atoms with Crippen molar-refractivity contribution in [3.63, 3.8) is 0 Å². The second-order valence-corrected chi connectivity index (χ2v) is 10.8. The van der Waals surface area contributed by atoms with Crippen LogP contribution in [-0.2, 0) is 22.7 Å². The van der Waals surface area contributed by atoms with E-state index in [1.54, 1.807) is 29.2 Å². The molecule has 40 heavy (non-hydrogen) atoms. The number of piperidine rings is 1. The van der Waals surface area contributed by atoms with Gasteiger partial charge in [-0.3, -0.25) is 29.5 Å². The summed E-state index contributed by atoms with van der Waals surface area (Å²) in [6, 6.07) is 20.0. The molecule has 0 saturated carbocycles. The molecule has 0 aromatic heterocycles. The standard InChI is InChI=1S/C31H32N4O5/c36-24-7-3-21(4-8-24)29(22-5-9-25(37)10-6-22)34-15-13-33(14-16-34)18-20-1-2-23-19-35(31(40)26(23)17-20)27-11-12-28(38)32-30(27)39/h1-10,17,27,29,36-37H,11-16,18-19H2,(H,32,38,39). The fourth-order valence-electron chi connectivity index (χ4n) is 6.07. The molecule has 3 aliphatic rings. The summed E-state index contributed by atoms with van der Waals surface area (Å²) >= 11 is 0. The number of nitrogens with one attached hydrogen (secondary N) is 1. The Kier molecular flexibility index (Phi) is 7.00. The molecule has 3 heterocycles. The maximum Gasteiger partial charge on any atom is 0.255 e. The van der Waals surface area contributed by atoms with E-state index in [1.165, 1.54) is 0 Å². The second-order valence-electron chi connectivity index (χ2n) is 10.8. The first-order valence-electron chi connectivity index (χ1n) is 13.7. The number of nitrogens with zero attached hydrogens (tertiary/aromatic N) is 3. The highest BCUT2D eigenvalue weighted by Crippen LogP contribution is 2.32. The smallest absolute Gasteiger partial charge is 0.255 e. The number of phenolic OH excluding ortho intramolecular Hbond substituents is 2. The third-order valence-electron chi connectivity index (χ3n) is 8.19. The van der Waals surface area contributed by atoms with Crippen LogP contribution in [0, 0.1) is 0 Å². The molecule has 2 saturated heterocycles. The van der Waals surface area contributed by atoms with Crippen molar-refractivity contribution in [3.8, 4) is 11.5 Å². The summed E-state index contributed by atoms with van der Waals surface area (Å²) in [7, 11) is 0. The molecule has 0 bridgehead atoms. The normalized spacial score (nSPS) is 20.2. The number of imide groups is 1. The van der Waals surface area contributed by atoms with E-state index in [0.29, 0.717) is 18.5 Å². The number of aromatic hydroxyl groups is 2. The van der Waals surface area contributed by atoms with Crippen LogP contribution in [0.2, 0.25) is 0 Å². The summed E-state index contributed by atoms with van der Waals surface area (Å²) < 4.78 is 0. The summed E-state index contributed by atoms with van der Waals surface area (Å²) in [4.78, 5) is 43.5. The molecule has 0 aliphatic carbocycles. The monoisotopic (exact) mass is 540 g/mol. The number of carbonyl (C=O) groups excluding carboxylic acids is 3. The molecular weight excluding hydrogens is 508 g/mol. The predicted octanol–water partition coefficient (Wildman–Crippen LogP) is 2.77. The molecular formula is C31H32N4O5. The Hall–Kier alpha value is -4.21. The molecule has 0 radical (unpaired) electrons. The van der Waals surface area contributed by atoms with E-state index in [0.717, 1.165) is 55.0 Å². The van der Waals surface area contributed by atoms with Gasteiger partial charge in [0.15, 0.2) is 0 Å². The quantitative estimate of drug-likeness (QED) is 0.412. The zero-order valence-corrected chi connectivity index (χ0v) is 22.1. The number of hydrogen-bond donors (Lipinski definition) is 3. The molecule has 9 nitrogen and oxygen atoms in total. The van der Waals surface area contributed by atoms with Crippen LogP contribution in [0.25, 0.3) is 0 Å². The van der Waals surface area contributed by atoms with E-state index in [4.69, 9.17) is 0 Å². The molecule has 9 heteroatoms. The molecule has 0 spiro atoms. The maximum absolute atomic E-state index is 13.2. The average Bonchev–Trinajstić information content (AvgIpc) is 3.27. The van der Waals surface area contributed by atoms with Gasteiger partial charge in [-0.2, -0.15) is 0 Å². The van der Waals surface area contributed by atoms with Crippen LogP contribution in [0.5, 0.6) is 11.5 Å². The minimum atomic E-state index is -0.607. The first-order valence-corrected chi connectivity index (χ1v) is 13.7. The zero-order valence-electron chi connectivity index (χ0n) is 22.1. The van der Waals surface area contributed by atoms with Gasteiger partial charge in [0.1, 0.15) is 17.5 Å².